The second kappa shape index (κ2) is 13.7. The Labute approximate surface area is 197 Å². The van der Waals surface area contributed by atoms with Gasteiger partial charge in [-0.2, -0.15) is 0 Å². The Bertz CT molecular complexity index is 893. The number of halogens is 5. The van der Waals surface area contributed by atoms with Crippen LogP contribution in [0.25, 0.3) is 4.98 Å². The molecular formula is C14H10Cl5N5O4Zn. The monoisotopic (exact) mass is 551 g/mol. The molecule has 0 amide bonds. The van der Waals surface area contributed by atoms with E-state index in [2.05, 4.69) is 15.2 Å². The Kier molecular flexibility index (Phi) is 13.0. The molecule has 9 nitrogen and oxygen atoms in total. The van der Waals surface area contributed by atoms with Crippen molar-refractivity contribution in [1.82, 2.24) is 0 Å². The number of azo groups is 1. The summed E-state index contributed by atoms with van der Waals surface area (Å²) in [5, 5.41) is 27.5. The molecule has 0 heterocycles. The SMILES string of the molecule is COc1cc([N+]#N)cc(OC)c1N=Nc1c(Cl)cc([N+](=O)[O-])cc1Cl.[Cl-].[Cl][Zn][Cl]. The normalized spacial score (nSPS) is 9.41. The van der Waals surface area contributed by atoms with Crippen LogP contribution in [0.5, 0.6) is 11.5 Å². The van der Waals surface area contributed by atoms with Crippen LogP contribution in [-0.4, -0.2) is 19.1 Å². The van der Waals surface area contributed by atoms with Gasteiger partial charge in [0.2, 0.25) is 5.39 Å². The van der Waals surface area contributed by atoms with E-state index in [1.165, 1.54) is 26.4 Å². The first-order chi connectivity index (χ1) is 13.3. The molecule has 29 heavy (non-hydrogen) atoms. The van der Waals surface area contributed by atoms with Gasteiger partial charge in [-0.3, -0.25) is 10.1 Å². The molecule has 2 aromatic carbocycles. The summed E-state index contributed by atoms with van der Waals surface area (Å²) in [5.41, 5.74) is 0.175. The number of rotatable bonds is 5. The van der Waals surface area contributed by atoms with E-state index in [1.54, 1.807) is 0 Å². The number of methoxy groups -OCH3 is 2. The molecule has 0 aliphatic rings. The van der Waals surface area contributed by atoms with Crippen LogP contribution >= 0.6 is 42.6 Å². The van der Waals surface area contributed by atoms with Crippen LogP contribution in [-0.2, 0) is 15.1 Å². The van der Waals surface area contributed by atoms with Gasteiger partial charge in [0.05, 0.1) is 41.3 Å². The van der Waals surface area contributed by atoms with Gasteiger partial charge in [0.1, 0.15) is 5.69 Å². The fraction of sp³-hybridized carbons (Fsp3) is 0.143. The number of nitrogens with zero attached hydrogens (tertiary/aromatic N) is 5. The molecular weight excluding hydrogens is 545 g/mol. The number of nitro groups is 1. The predicted octanol–water partition coefficient (Wildman–Crippen LogP) is 4.20. The molecule has 2 aromatic rings. The van der Waals surface area contributed by atoms with Crippen LogP contribution in [0.2, 0.25) is 10.0 Å². The first kappa shape index (κ1) is 27.5. The number of diazo groups is 1. The number of nitro benzene ring substituents is 1. The average Bonchev–Trinajstić information content (AvgIpc) is 2.67. The van der Waals surface area contributed by atoms with Crippen molar-refractivity contribution in [2.24, 2.45) is 10.2 Å². The van der Waals surface area contributed by atoms with Gasteiger partial charge < -0.3 is 21.9 Å². The average molecular weight is 555 g/mol. The summed E-state index contributed by atoms with van der Waals surface area (Å²) in [7, 11) is 12.7. The summed E-state index contributed by atoms with van der Waals surface area (Å²) < 4.78 is 10.3. The van der Waals surface area contributed by atoms with E-state index in [-0.39, 0.29) is 56.7 Å². The Morgan fingerprint density at radius 3 is 1.79 bits per heavy atom. The molecule has 0 saturated carbocycles. The van der Waals surface area contributed by atoms with Crippen molar-refractivity contribution in [2.45, 2.75) is 0 Å². The Balaban J connectivity index is 0.00000184. The zero-order valence-electron chi connectivity index (χ0n) is 14.8. The summed E-state index contributed by atoms with van der Waals surface area (Å²) in [6.07, 6.45) is 0. The van der Waals surface area contributed by atoms with Gasteiger partial charge in [-0.25, -0.2) is 0 Å². The number of ether oxygens (including phenoxy) is 2. The van der Waals surface area contributed by atoms with E-state index in [0.29, 0.717) is 0 Å². The van der Waals surface area contributed by atoms with Crippen LogP contribution in [0.3, 0.4) is 0 Å². The first-order valence-corrected chi connectivity index (χ1v) is 15.7. The number of non-ortho nitro benzene ring substituents is 1. The van der Waals surface area contributed by atoms with Crippen LogP contribution in [0.15, 0.2) is 34.5 Å². The molecule has 0 atom stereocenters. The van der Waals surface area contributed by atoms with Crippen LogP contribution < -0.4 is 21.9 Å². The maximum atomic E-state index is 10.8. The van der Waals surface area contributed by atoms with E-state index in [0.717, 1.165) is 12.1 Å². The minimum absolute atomic E-state index is 0. The van der Waals surface area contributed by atoms with E-state index < -0.39 is 20.1 Å². The van der Waals surface area contributed by atoms with E-state index in [9.17, 15) is 10.1 Å². The fourth-order valence-electron chi connectivity index (χ4n) is 1.89. The van der Waals surface area contributed by atoms with Crippen LogP contribution in [0, 0.1) is 15.5 Å². The van der Waals surface area contributed by atoms with Crippen molar-refractivity contribution in [3.05, 3.63) is 49.4 Å². The molecule has 0 bridgehead atoms. The van der Waals surface area contributed by atoms with Gasteiger partial charge in [-0.15, -0.1) is 10.2 Å². The van der Waals surface area contributed by atoms with Gasteiger partial charge in [0.15, 0.2) is 22.2 Å². The maximum absolute atomic E-state index is 10.8. The third-order valence-electron chi connectivity index (χ3n) is 3.04. The number of benzene rings is 2. The van der Waals surface area contributed by atoms with Gasteiger partial charge in [0, 0.05) is 12.1 Å². The van der Waals surface area contributed by atoms with Crippen molar-refractivity contribution < 1.29 is 41.9 Å². The summed E-state index contributed by atoms with van der Waals surface area (Å²) >= 11 is 11.0. The zero-order chi connectivity index (χ0) is 21.3. The van der Waals surface area contributed by atoms with Crippen molar-refractivity contribution in [2.75, 3.05) is 14.2 Å². The molecule has 0 saturated heterocycles. The zero-order valence-corrected chi connectivity index (χ0v) is 21.5. The number of hydrogen-bond acceptors (Lipinski definition) is 7. The standard InChI is InChI=1S/C14H10Cl2N5O4.3ClH.Zn/c1-24-11-3-7(18-17)4-12(25-2)14(11)20-19-13-9(15)5-8(21(22)23)6-10(13)16;;;;/h3-6H,1-2H3;3*1H;/q+1;;;;+2/p-3. The third kappa shape index (κ3) is 7.70. The predicted molar refractivity (Wildman–Crippen MR) is 103 cm³/mol. The van der Waals surface area contributed by atoms with Gasteiger partial charge in [-0.1, -0.05) is 23.2 Å². The third-order valence-corrected chi connectivity index (χ3v) is 3.62. The number of hydrogen-bond donors (Lipinski definition) is 0. The Morgan fingerprint density at radius 1 is 1.03 bits per heavy atom. The summed E-state index contributed by atoms with van der Waals surface area (Å²) in [5.74, 6) is 0.454. The van der Waals surface area contributed by atoms with E-state index >= 15 is 0 Å². The first-order valence-electron chi connectivity index (χ1n) is 7.11. The summed E-state index contributed by atoms with van der Waals surface area (Å²) in [4.78, 5) is 13.2. The fourth-order valence-corrected chi connectivity index (χ4v) is 2.44. The van der Waals surface area contributed by atoms with Gasteiger partial charge >= 0.3 is 40.2 Å². The topological polar surface area (TPSA) is 114 Å². The summed E-state index contributed by atoms with van der Waals surface area (Å²) in [6.45, 7) is 0. The summed E-state index contributed by atoms with van der Waals surface area (Å²) in [6, 6.07) is 5.06. The minimum atomic E-state index is -0.931. The molecule has 0 aliphatic carbocycles. The molecule has 0 radical (unpaired) electrons. The van der Waals surface area contributed by atoms with E-state index in [1.807, 2.05) is 0 Å². The molecule has 0 aromatic heterocycles. The van der Waals surface area contributed by atoms with Gasteiger partial charge in [0.25, 0.3) is 5.69 Å². The van der Waals surface area contributed by atoms with Gasteiger partial charge in [-0.05, 0) is 0 Å². The quantitative estimate of drug-likeness (QED) is 0.181. The van der Waals surface area contributed by atoms with Crippen LogP contribution in [0.1, 0.15) is 0 Å². The molecule has 0 fully saturated rings. The molecule has 15 heteroatoms. The van der Waals surface area contributed by atoms with Crippen molar-refractivity contribution in [3.63, 3.8) is 0 Å². The van der Waals surface area contributed by atoms with Crippen molar-refractivity contribution in [1.29, 1.82) is 5.39 Å². The second-order valence-electron chi connectivity index (χ2n) is 4.62. The molecule has 0 unspecified atom stereocenters. The Morgan fingerprint density at radius 2 is 1.45 bits per heavy atom. The van der Waals surface area contributed by atoms with Crippen molar-refractivity contribution >= 4 is 65.3 Å². The molecule has 2 rings (SSSR count). The van der Waals surface area contributed by atoms with Crippen LogP contribution in [0.4, 0.5) is 22.7 Å². The molecule has 0 spiro atoms. The van der Waals surface area contributed by atoms with E-state index in [4.69, 9.17) is 57.5 Å². The second-order valence-corrected chi connectivity index (χ2v) is 10.1. The van der Waals surface area contributed by atoms with Crippen molar-refractivity contribution in [3.8, 4) is 11.5 Å². The molecule has 152 valence electrons. The molecule has 0 N–H and O–H groups in total. The molecule has 0 aliphatic heterocycles. The Hall–Kier alpha value is -1.47.